The van der Waals surface area contributed by atoms with Gasteiger partial charge in [-0.2, -0.15) is 0 Å². The molecule has 4 heteroatoms. The van der Waals surface area contributed by atoms with Crippen LogP contribution < -0.4 is 5.56 Å². The summed E-state index contributed by atoms with van der Waals surface area (Å²) in [6.07, 6.45) is 4.65. The van der Waals surface area contributed by atoms with E-state index in [4.69, 9.17) is 0 Å². The van der Waals surface area contributed by atoms with Crippen molar-refractivity contribution in [3.63, 3.8) is 0 Å². The van der Waals surface area contributed by atoms with Gasteiger partial charge >= 0.3 is 0 Å². The Kier molecular flexibility index (Phi) is 3.04. The number of hydrogen-bond donors (Lipinski definition) is 1. The van der Waals surface area contributed by atoms with Gasteiger partial charge in [-0.15, -0.1) is 0 Å². The second-order valence-electron chi connectivity index (χ2n) is 4.65. The van der Waals surface area contributed by atoms with E-state index >= 15 is 0 Å². The molecule has 0 bridgehead atoms. The molecule has 0 saturated heterocycles. The quantitative estimate of drug-likeness (QED) is 0.880. The Hall–Kier alpha value is -1.42. The molecule has 1 heterocycles. The summed E-state index contributed by atoms with van der Waals surface area (Å²) in [6.45, 7) is 0. The molecule has 92 valence electrons. The molecule has 18 heavy (non-hydrogen) atoms. The lowest BCUT2D eigenvalue weighted by Gasteiger charge is -2.23. The van der Waals surface area contributed by atoms with E-state index in [0.29, 0.717) is 10.4 Å². The highest BCUT2D eigenvalue weighted by molar-refractivity contribution is 9.10. The number of halogens is 1. The Morgan fingerprint density at radius 3 is 2.83 bits per heavy atom. The fourth-order valence-electron chi connectivity index (χ4n) is 2.53. The Bertz CT molecular complexity index is 636. The van der Waals surface area contributed by atoms with E-state index in [9.17, 15) is 4.79 Å². The van der Waals surface area contributed by atoms with Crippen molar-refractivity contribution >= 4 is 15.9 Å². The molecule has 0 fully saturated rings. The standard InChI is InChI=1S/C14H13BrN2O/c15-12-8-16-13(17-14(12)18)11-6-5-9-3-1-2-4-10(9)7-11/h1-4,8,11H,5-7H2,(H,16,17,18). The number of aryl methyl sites for hydroxylation is 1. The van der Waals surface area contributed by atoms with Gasteiger partial charge in [-0.05, 0) is 46.3 Å². The van der Waals surface area contributed by atoms with Gasteiger partial charge in [-0.1, -0.05) is 24.3 Å². The maximum absolute atomic E-state index is 11.6. The fraction of sp³-hybridized carbons (Fsp3) is 0.286. The van der Waals surface area contributed by atoms with E-state index in [1.54, 1.807) is 6.20 Å². The molecule has 1 unspecified atom stereocenters. The number of hydrogen-bond acceptors (Lipinski definition) is 2. The molecular weight excluding hydrogens is 292 g/mol. The van der Waals surface area contributed by atoms with Crippen LogP contribution in [-0.4, -0.2) is 9.97 Å². The van der Waals surface area contributed by atoms with Crippen LogP contribution in [0.1, 0.15) is 29.3 Å². The number of H-pyrrole nitrogens is 1. The van der Waals surface area contributed by atoms with Crippen LogP contribution in [-0.2, 0) is 12.8 Å². The van der Waals surface area contributed by atoms with Crippen LogP contribution in [0.15, 0.2) is 39.7 Å². The third-order valence-corrected chi connectivity index (χ3v) is 4.07. The van der Waals surface area contributed by atoms with E-state index in [1.165, 1.54) is 11.1 Å². The van der Waals surface area contributed by atoms with E-state index < -0.39 is 0 Å². The predicted octanol–water partition coefficient (Wildman–Crippen LogP) is 2.80. The SMILES string of the molecule is O=c1[nH]c(C2CCc3ccccc3C2)ncc1Br. The molecule has 0 saturated carbocycles. The van der Waals surface area contributed by atoms with Gasteiger partial charge < -0.3 is 4.98 Å². The topological polar surface area (TPSA) is 45.8 Å². The molecule has 1 aliphatic carbocycles. The molecule has 1 aromatic carbocycles. The second-order valence-corrected chi connectivity index (χ2v) is 5.51. The molecule has 1 aromatic heterocycles. The zero-order chi connectivity index (χ0) is 12.5. The normalized spacial score (nSPS) is 18.4. The highest BCUT2D eigenvalue weighted by Crippen LogP contribution is 2.30. The molecular formula is C14H13BrN2O. The first-order valence-corrected chi connectivity index (χ1v) is 6.85. The highest BCUT2D eigenvalue weighted by atomic mass is 79.9. The van der Waals surface area contributed by atoms with E-state index in [-0.39, 0.29) is 5.56 Å². The lowest BCUT2D eigenvalue weighted by molar-refractivity contribution is 0.552. The van der Waals surface area contributed by atoms with Gasteiger partial charge in [-0.3, -0.25) is 4.79 Å². The molecule has 0 aliphatic heterocycles. The summed E-state index contributed by atoms with van der Waals surface area (Å²) in [6, 6.07) is 8.50. The average Bonchev–Trinajstić information content (AvgIpc) is 2.41. The molecule has 3 nitrogen and oxygen atoms in total. The molecule has 1 N–H and O–H groups in total. The number of aromatic nitrogens is 2. The van der Waals surface area contributed by atoms with Gasteiger partial charge in [0.25, 0.3) is 5.56 Å². The largest absolute Gasteiger partial charge is 0.309 e. The zero-order valence-corrected chi connectivity index (χ0v) is 11.4. The van der Waals surface area contributed by atoms with Crippen molar-refractivity contribution in [2.75, 3.05) is 0 Å². The van der Waals surface area contributed by atoms with Crippen molar-refractivity contribution in [3.8, 4) is 0 Å². The first-order valence-electron chi connectivity index (χ1n) is 6.05. The summed E-state index contributed by atoms with van der Waals surface area (Å²) in [7, 11) is 0. The molecule has 1 atom stereocenters. The molecule has 1 aliphatic rings. The number of fused-ring (bicyclic) bond motifs is 1. The smallest absolute Gasteiger partial charge is 0.265 e. The summed E-state index contributed by atoms with van der Waals surface area (Å²) in [4.78, 5) is 18.8. The van der Waals surface area contributed by atoms with E-state index in [1.807, 2.05) is 0 Å². The molecule has 0 spiro atoms. The number of rotatable bonds is 1. The Balaban J connectivity index is 1.92. The van der Waals surface area contributed by atoms with Gasteiger partial charge in [0.1, 0.15) is 10.3 Å². The van der Waals surface area contributed by atoms with Crippen LogP contribution in [0.25, 0.3) is 0 Å². The average molecular weight is 305 g/mol. The van der Waals surface area contributed by atoms with Gasteiger partial charge in [-0.25, -0.2) is 4.98 Å². The van der Waals surface area contributed by atoms with Crippen LogP contribution in [0, 0.1) is 0 Å². The Labute approximate surface area is 113 Å². The van der Waals surface area contributed by atoms with E-state index in [2.05, 4.69) is 50.2 Å². The Morgan fingerprint density at radius 1 is 1.28 bits per heavy atom. The summed E-state index contributed by atoms with van der Waals surface area (Å²) < 4.78 is 0.488. The van der Waals surface area contributed by atoms with Gasteiger partial charge in [0.2, 0.25) is 0 Å². The van der Waals surface area contributed by atoms with Crippen LogP contribution in [0.3, 0.4) is 0 Å². The minimum atomic E-state index is -0.0983. The Morgan fingerprint density at radius 2 is 2.06 bits per heavy atom. The summed E-state index contributed by atoms with van der Waals surface area (Å²) in [5.41, 5.74) is 2.70. The van der Waals surface area contributed by atoms with Crippen LogP contribution >= 0.6 is 15.9 Å². The second kappa shape index (κ2) is 4.69. The number of aromatic amines is 1. The molecule has 0 radical (unpaired) electrons. The predicted molar refractivity (Wildman–Crippen MR) is 73.8 cm³/mol. The van der Waals surface area contributed by atoms with E-state index in [0.717, 1.165) is 25.1 Å². The number of benzene rings is 1. The lowest BCUT2D eigenvalue weighted by atomic mass is 9.83. The van der Waals surface area contributed by atoms with Crippen molar-refractivity contribution in [2.24, 2.45) is 0 Å². The molecule has 2 aromatic rings. The summed E-state index contributed by atoms with van der Waals surface area (Å²) in [5, 5.41) is 0. The first kappa shape index (κ1) is 11.7. The lowest BCUT2D eigenvalue weighted by Crippen LogP contribution is -2.19. The van der Waals surface area contributed by atoms with Crippen LogP contribution in [0.4, 0.5) is 0 Å². The van der Waals surface area contributed by atoms with Crippen molar-refractivity contribution < 1.29 is 0 Å². The van der Waals surface area contributed by atoms with Crippen molar-refractivity contribution in [2.45, 2.75) is 25.2 Å². The molecule has 3 rings (SSSR count). The van der Waals surface area contributed by atoms with Crippen molar-refractivity contribution in [3.05, 3.63) is 62.2 Å². The van der Waals surface area contributed by atoms with Gasteiger partial charge in [0.15, 0.2) is 0 Å². The maximum Gasteiger partial charge on any atom is 0.265 e. The highest BCUT2D eigenvalue weighted by Gasteiger charge is 2.21. The van der Waals surface area contributed by atoms with Crippen molar-refractivity contribution in [1.29, 1.82) is 0 Å². The number of nitrogens with zero attached hydrogens (tertiary/aromatic N) is 1. The summed E-state index contributed by atoms with van der Waals surface area (Å²) >= 11 is 3.17. The summed E-state index contributed by atoms with van der Waals surface area (Å²) in [5.74, 6) is 1.12. The third kappa shape index (κ3) is 2.12. The van der Waals surface area contributed by atoms with Crippen molar-refractivity contribution in [1.82, 2.24) is 9.97 Å². The van der Waals surface area contributed by atoms with Gasteiger partial charge in [0, 0.05) is 12.1 Å². The minimum absolute atomic E-state index is 0.0983. The molecule has 0 amide bonds. The minimum Gasteiger partial charge on any atom is -0.309 e. The third-order valence-electron chi connectivity index (χ3n) is 3.51. The van der Waals surface area contributed by atoms with Gasteiger partial charge in [0.05, 0.1) is 0 Å². The fourth-order valence-corrected chi connectivity index (χ4v) is 2.73. The number of nitrogens with one attached hydrogen (secondary N) is 1. The van der Waals surface area contributed by atoms with Crippen LogP contribution in [0.2, 0.25) is 0 Å². The van der Waals surface area contributed by atoms with Crippen LogP contribution in [0.5, 0.6) is 0 Å². The maximum atomic E-state index is 11.6. The zero-order valence-electron chi connectivity index (χ0n) is 9.82. The first-order chi connectivity index (χ1) is 8.74. The monoisotopic (exact) mass is 304 g/mol.